The fourth-order valence-electron chi connectivity index (χ4n) is 5.24. The molecule has 0 saturated carbocycles. The normalized spacial score (nSPS) is 15.7. The SMILES string of the molecule is Cc1ccc2sc(N(CCCN3CCOCC3)C(=O)C3c4ccccc4Oc4ccccc43)nc2c1C. The Hall–Kier alpha value is -3.26. The van der Waals surface area contributed by atoms with E-state index in [0.717, 1.165) is 77.2 Å². The Kier molecular flexibility index (Phi) is 6.67. The van der Waals surface area contributed by atoms with E-state index in [1.807, 2.05) is 53.4 Å². The number of benzene rings is 3. The van der Waals surface area contributed by atoms with E-state index >= 15 is 0 Å². The first kappa shape index (κ1) is 24.1. The Bertz CT molecular complexity index is 1400. The molecule has 1 saturated heterocycles. The van der Waals surface area contributed by atoms with Crippen molar-refractivity contribution in [1.29, 1.82) is 0 Å². The van der Waals surface area contributed by atoms with Gasteiger partial charge in [-0.05, 0) is 49.6 Å². The second-order valence-electron chi connectivity index (χ2n) is 9.76. The van der Waals surface area contributed by atoms with Crippen molar-refractivity contribution < 1.29 is 14.3 Å². The van der Waals surface area contributed by atoms with Crippen molar-refractivity contribution in [3.05, 3.63) is 82.9 Å². The van der Waals surface area contributed by atoms with Gasteiger partial charge in [0.25, 0.3) is 0 Å². The van der Waals surface area contributed by atoms with Gasteiger partial charge in [-0.2, -0.15) is 0 Å². The second-order valence-corrected chi connectivity index (χ2v) is 10.8. The monoisotopic (exact) mass is 513 g/mol. The van der Waals surface area contributed by atoms with Gasteiger partial charge in [-0.1, -0.05) is 53.8 Å². The summed E-state index contributed by atoms with van der Waals surface area (Å²) in [6.07, 6.45) is 0.867. The van der Waals surface area contributed by atoms with Gasteiger partial charge in [0, 0.05) is 37.3 Å². The number of aromatic nitrogens is 1. The number of aryl methyl sites for hydroxylation is 2. The van der Waals surface area contributed by atoms with Crippen LogP contribution in [0, 0.1) is 13.8 Å². The average Bonchev–Trinajstić information content (AvgIpc) is 3.37. The Morgan fingerprint density at radius 1 is 1.00 bits per heavy atom. The van der Waals surface area contributed by atoms with Crippen molar-refractivity contribution in [2.45, 2.75) is 26.2 Å². The fourth-order valence-corrected chi connectivity index (χ4v) is 6.30. The van der Waals surface area contributed by atoms with E-state index < -0.39 is 5.92 Å². The highest BCUT2D eigenvalue weighted by Crippen LogP contribution is 2.45. The van der Waals surface area contributed by atoms with E-state index in [1.165, 1.54) is 11.1 Å². The molecule has 1 fully saturated rings. The number of morpholine rings is 1. The molecule has 0 N–H and O–H groups in total. The summed E-state index contributed by atoms with van der Waals surface area (Å²) in [6, 6.07) is 20.0. The number of amides is 1. The first-order valence-electron chi connectivity index (χ1n) is 12.9. The van der Waals surface area contributed by atoms with E-state index in [1.54, 1.807) is 11.3 Å². The summed E-state index contributed by atoms with van der Waals surface area (Å²) in [5, 5.41) is 0.761. The minimum Gasteiger partial charge on any atom is -0.457 e. The number of carbonyl (C=O) groups is 1. The summed E-state index contributed by atoms with van der Waals surface area (Å²) >= 11 is 1.60. The Morgan fingerprint density at radius 3 is 2.38 bits per heavy atom. The predicted molar refractivity (Wildman–Crippen MR) is 148 cm³/mol. The maximum Gasteiger partial charge on any atom is 0.241 e. The van der Waals surface area contributed by atoms with Crippen LogP contribution >= 0.6 is 11.3 Å². The van der Waals surface area contributed by atoms with Gasteiger partial charge in [0.15, 0.2) is 5.13 Å². The second kappa shape index (κ2) is 10.2. The summed E-state index contributed by atoms with van der Waals surface area (Å²) in [5.41, 5.74) is 5.16. The van der Waals surface area contributed by atoms with Gasteiger partial charge in [0.2, 0.25) is 5.91 Å². The lowest BCUT2D eigenvalue weighted by atomic mass is 9.87. The van der Waals surface area contributed by atoms with Crippen LogP contribution in [0.15, 0.2) is 60.7 Å². The molecule has 190 valence electrons. The van der Waals surface area contributed by atoms with Gasteiger partial charge < -0.3 is 9.47 Å². The maximum atomic E-state index is 14.5. The molecule has 3 heterocycles. The quantitative estimate of drug-likeness (QED) is 0.321. The maximum absolute atomic E-state index is 14.5. The summed E-state index contributed by atoms with van der Waals surface area (Å²) < 4.78 is 12.8. The van der Waals surface area contributed by atoms with Crippen molar-refractivity contribution in [3.63, 3.8) is 0 Å². The molecule has 6 rings (SSSR count). The van der Waals surface area contributed by atoms with Crippen LogP contribution in [0.25, 0.3) is 10.2 Å². The van der Waals surface area contributed by atoms with Crippen LogP contribution in [0.4, 0.5) is 5.13 Å². The molecule has 7 heteroatoms. The number of rotatable bonds is 6. The lowest BCUT2D eigenvalue weighted by molar-refractivity contribution is -0.119. The van der Waals surface area contributed by atoms with E-state index in [2.05, 4.69) is 30.9 Å². The van der Waals surface area contributed by atoms with Gasteiger partial charge in [-0.3, -0.25) is 14.6 Å². The van der Waals surface area contributed by atoms with Gasteiger partial charge in [0.1, 0.15) is 11.5 Å². The van der Waals surface area contributed by atoms with Crippen molar-refractivity contribution >= 4 is 32.6 Å². The third-order valence-corrected chi connectivity index (χ3v) is 8.50. The largest absolute Gasteiger partial charge is 0.457 e. The van der Waals surface area contributed by atoms with Crippen LogP contribution in [0.5, 0.6) is 11.5 Å². The molecular formula is C30H31N3O3S. The van der Waals surface area contributed by atoms with Crippen LogP contribution < -0.4 is 9.64 Å². The summed E-state index contributed by atoms with van der Waals surface area (Å²) in [6.45, 7) is 9.17. The first-order valence-corrected chi connectivity index (χ1v) is 13.8. The molecule has 37 heavy (non-hydrogen) atoms. The van der Waals surface area contributed by atoms with E-state index in [-0.39, 0.29) is 5.91 Å². The van der Waals surface area contributed by atoms with Crippen molar-refractivity contribution in [3.8, 4) is 11.5 Å². The third kappa shape index (κ3) is 4.63. The van der Waals surface area contributed by atoms with Gasteiger partial charge in [0.05, 0.1) is 29.3 Å². The zero-order valence-electron chi connectivity index (χ0n) is 21.3. The molecule has 1 amide bonds. The summed E-state index contributed by atoms with van der Waals surface area (Å²) in [5.74, 6) is 1.07. The van der Waals surface area contributed by atoms with Crippen molar-refractivity contribution in [2.75, 3.05) is 44.3 Å². The molecular weight excluding hydrogens is 482 g/mol. The number of anilines is 1. The van der Waals surface area contributed by atoms with E-state index in [4.69, 9.17) is 14.5 Å². The third-order valence-electron chi connectivity index (χ3n) is 7.46. The minimum absolute atomic E-state index is 0.0404. The number of fused-ring (bicyclic) bond motifs is 3. The highest BCUT2D eigenvalue weighted by atomic mass is 32.1. The van der Waals surface area contributed by atoms with Crippen LogP contribution in [0.3, 0.4) is 0 Å². The fraction of sp³-hybridized carbons (Fsp3) is 0.333. The van der Waals surface area contributed by atoms with Crippen molar-refractivity contribution in [2.24, 2.45) is 0 Å². The Balaban J connectivity index is 1.38. The predicted octanol–water partition coefficient (Wildman–Crippen LogP) is 5.91. The van der Waals surface area contributed by atoms with E-state index in [0.29, 0.717) is 6.54 Å². The van der Waals surface area contributed by atoms with Gasteiger partial charge in [-0.15, -0.1) is 0 Å². The van der Waals surface area contributed by atoms with Crippen LogP contribution in [0.2, 0.25) is 0 Å². The summed E-state index contributed by atoms with van der Waals surface area (Å²) in [7, 11) is 0. The molecule has 0 unspecified atom stereocenters. The molecule has 0 bridgehead atoms. The number of ether oxygens (including phenoxy) is 2. The molecule has 2 aliphatic heterocycles. The van der Waals surface area contributed by atoms with Gasteiger partial charge >= 0.3 is 0 Å². The molecule has 0 radical (unpaired) electrons. The molecule has 2 aliphatic rings. The highest BCUT2D eigenvalue weighted by Gasteiger charge is 2.36. The molecule has 0 aliphatic carbocycles. The van der Waals surface area contributed by atoms with Crippen molar-refractivity contribution in [1.82, 2.24) is 9.88 Å². The number of hydrogen-bond donors (Lipinski definition) is 0. The highest BCUT2D eigenvalue weighted by molar-refractivity contribution is 7.22. The minimum atomic E-state index is -0.445. The number of thiazole rings is 1. The molecule has 0 spiro atoms. The smallest absolute Gasteiger partial charge is 0.241 e. The number of nitrogens with zero attached hydrogens (tertiary/aromatic N) is 3. The zero-order valence-corrected chi connectivity index (χ0v) is 22.1. The van der Waals surface area contributed by atoms with Crippen LogP contribution in [-0.4, -0.2) is 55.2 Å². The Morgan fingerprint density at radius 2 is 1.68 bits per heavy atom. The standard InChI is InChI=1S/C30H31N3O3S/c1-20-12-13-26-28(21(20)2)31-30(37-26)33(15-7-14-32-16-18-35-19-17-32)29(34)27-22-8-3-5-10-24(22)36-25-11-6-4-9-23(25)27/h3-6,8-13,27H,7,14-19H2,1-2H3. The molecule has 4 aromatic rings. The topological polar surface area (TPSA) is 54.9 Å². The lowest BCUT2D eigenvalue weighted by Gasteiger charge is -2.32. The zero-order chi connectivity index (χ0) is 25.4. The average molecular weight is 514 g/mol. The van der Waals surface area contributed by atoms with Crippen LogP contribution in [-0.2, 0) is 9.53 Å². The van der Waals surface area contributed by atoms with Crippen LogP contribution in [0.1, 0.15) is 34.6 Å². The lowest BCUT2D eigenvalue weighted by Crippen LogP contribution is -2.40. The molecule has 6 nitrogen and oxygen atoms in total. The molecule has 3 aromatic carbocycles. The number of carbonyl (C=O) groups excluding carboxylic acids is 1. The number of para-hydroxylation sites is 2. The molecule has 0 atom stereocenters. The first-order chi connectivity index (χ1) is 18.1. The molecule has 1 aromatic heterocycles. The van der Waals surface area contributed by atoms with E-state index in [9.17, 15) is 4.79 Å². The Labute approximate surface area is 221 Å². The summed E-state index contributed by atoms with van der Waals surface area (Å²) in [4.78, 5) is 23.9. The van der Waals surface area contributed by atoms with Gasteiger partial charge in [-0.25, -0.2) is 4.98 Å². The number of hydrogen-bond acceptors (Lipinski definition) is 6.